The van der Waals surface area contributed by atoms with E-state index in [9.17, 15) is 14.7 Å². The van der Waals surface area contributed by atoms with Gasteiger partial charge >= 0.3 is 5.97 Å². The number of H-pyrrole nitrogens is 1. The van der Waals surface area contributed by atoms with Crippen LogP contribution in [0.2, 0.25) is 0 Å². The highest BCUT2D eigenvalue weighted by molar-refractivity contribution is 5.97. The first kappa shape index (κ1) is 27.7. The van der Waals surface area contributed by atoms with E-state index < -0.39 is 12.0 Å². The topological polar surface area (TPSA) is 94.2 Å². The lowest BCUT2D eigenvalue weighted by Gasteiger charge is -2.32. The maximum absolute atomic E-state index is 13.0. The lowest BCUT2D eigenvalue weighted by atomic mass is 9.80. The van der Waals surface area contributed by atoms with Gasteiger partial charge in [-0.15, -0.1) is 0 Å². The van der Waals surface area contributed by atoms with Crippen molar-refractivity contribution in [2.24, 2.45) is 0 Å². The zero-order valence-corrected chi connectivity index (χ0v) is 23.8. The van der Waals surface area contributed by atoms with E-state index in [4.69, 9.17) is 0 Å². The van der Waals surface area contributed by atoms with Crippen LogP contribution in [0.15, 0.2) is 97.2 Å². The number of nitrogens with one attached hydrogen (secondary N) is 3. The minimum absolute atomic E-state index is 0.205. The number of fused-ring (bicyclic) bond motifs is 2. The first-order chi connectivity index (χ1) is 20.5. The molecule has 6 heteroatoms. The predicted octanol–water partition coefficient (Wildman–Crippen LogP) is 7.12. The van der Waals surface area contributed by atoms with Crippen molar-refractivity contribution < 1.29 is 14.7 Å². The number of para-hydroxylation sites is 1. The van der Waals surface area contributed by atoms with Crippen LogP contribution in [-0.4, -0.2) is 34.1 Å². The number of hydrogen-bond donors (Lipinski definition) is 4. The van der Waals surface area contributed by atoms with Crippen LogP contribution in [0.5, 0.6) is 0 Å². The minimum atomic E-state index is -1.05. The molecule has 4 atom stereocenters. The molecule has 1 aromatic heterocycles. The van der Waals surface area contributed by atoms with Gasteiger partial charge in [-0.1, -0.05) is 79.2 Å². The molecule has 0 spiro atoms. The van der Waals surface area contributed by atoms with Crippen LogP contribution in [0.4, 0.5) is 0 Å². The quantitative estimate of drug-likeness (QED) is 0.155. The van der Waals surface area contributed by atoms with Crippen LogP contribution in [-0.2, 0) is 11.2 Å². The van der Waals surface area contributed by atoms with E-state index in [-0.39, 0.29) is 18.4 Å². The fourth-order valence-corrected chi connectivity index (χ4v) is 6.58. The molecule has 5 aromatic rings. The Labute approximate surface area is 246 Å². The second-order valence-electron chi connectivity index (χ2n) is 11.6. The van der Waals surface area contributed by atoms with E-state index in [1.165, 1.54) is 21.9 Å². The average molecular weight is 560 g/mol. The molecule has 0 radical (unpaired) electrons. The average Bonchev–Trinajstić information content (AvgIpc) is 3.43. The number of carbonyl (C=O) groups is 2. The predicted molar refractivity (Wildman–Crippen MR) is 168 cm³/mol. The van der Waals surface area contributed by atoms with Crippen LogP contribution < -0.4 is 10.6 Å². The standard InChI is InChI=1S/C36H37N3O3/c1-23(30-14-7-9-25-8-2-3-12-31(25)30)38-29-11-6-10-27(20-29)24-16-18-26(19-17-24)35(40)39-34(36(41)42)21-28-22-37-33-15-5-4-13-32(28)33/h2-5,7-9,12-19,22-23,27,29,34,37-38H,6,10-11,20-21H2,1H3,(H,39,40)(H,41,42)/t23-,27+,29+,34?/m1/s1. The third-order valence-corrected chi connectivity index (χ3v) is 8.80. The normalized spacial score (nSPS) is 18.5. The van der Waals surface area contributed by atoms with Gasteiger partial charge in [0.05, 0.1) is 0 Å². The van der Waals surface area contributed by atoms with Gasteiger partial charge < -0.3 is 20.7 Å². The number of carboxylic acid groups (broad SMARTS) is 1. The molecule has 1 unspecified atom stereocenters. The zero-order chi connectivity index (χ0) is 29.1. The Morgan fingerprint density at radius 1 is 0.905 bits per heavy atom. The smallest absolute Gasteiger partial charge is 0.326 e. The highest BCUT2D eigenvalue weighted by Crippen LogP contribution is 2.35. The summed E-state index contributed by atoms with van der Waals surface area (Å²) in [5.41, 5.74) is 4.84. The number of hydrogen-bond acceptors (Lipinski definition) is 3. The molecular formula is C36H37N3O3. The Morgan fingerprint density at radius 3 is 2.45 bits per heavy atom. The Bertz CT molecular complexity index is 1700. The number of rotatable bonds is 9. The fourth-order valence-electron chi connectivity index (χ4n) is 6.58. The molecule has 1 saturated carbocycles. The molecular weight excluding hydrogens is 522 g/mol. The Balaban J connectivity index is 1.08. The van der Waals surface area contributed by atoms with E-state index in [1.807, 2.05) is 54.7 Å². The van der Waals surface area contributed by atoms with Crippen LogP contribution in [0, 0.1) is 0 Å². The summed E-state index contributed by atoms with van der Waals surface area (Å²) in [6.07, 6.45) is 6.50. The van der Waals surface area contributed by atoms with Crippen molar-refractivity contribution in [1.29, 1.82) is 0 Å². The van der Waals surface area contributed by atoms with Gasteiger partial charge in [-0.2, -0.15) is 0 Å². The first-order valence-corrected chi connectivity index (χ1v) is 14.9. The molecule has 4 aromatic carbocycles. The number of carbonyl (C=O) groups excluding carboxylic acids is 1. The van der Waals surface area contributed by atoms with Crippen LogP contribution >= 0.6 is 0 Å². The second kappa shape index (κ2) is 12.2. The molecule has 1 amide bonds. The molecule has 0 bridgehead atoms. The SMILES string of the molecule is C[C@@H](N[C@H]1CCC[C@H](c2ccc(C(=O)NC(Cc3c[nH]c4ccccc34)C(=O)O)cc2)C1)c1cccc2ccccc12. The summed E-state index contributed by atoms with van der Waals surface area (Å²) in [5, 5.41) is 20.0. The Morgan fingerprint density at radius 2 is 1.64 bits per heavy atom. The Kier molecular flexibility index (Phi) is 8.06. The third kappa shape index (κ3) is 5.95. The summed E-state index contributed by atoms with van der Waals surface area (Å²) in [6, 6.07) is 30.2. The van der Waals surface area contributed by atoms with Crippen molar-refractivity contribution in [2.45, 2.75) is 63.1 Å². The van der Waals surface area contributed by atoms with Gasteiger partial charge in [0.15, 0.2) is 0 Å². The number of carboxylic acids is 1. The van der Waals surface area contributed by atoms with Gasteiger partial charge in [0.25, 0.3) is 5.91 Å². The molecule has 0 saturated heterocycles. The fraction of sp³-hybridized carbons (Fsp3) is 0.278. The monoisotopic (exact) mass is 559 g/mol. The molecule has 4 N–H and O–H groups in total. The van der Waals surface area contributed by atoms with Crippen molar-refractivity contribution >= 4 is 33.6 Å². The van der Waals surface area contributed by atoms with Gasteiger partial charge in [0.1, 0.15) is 6.04 Å². The Hall–Kier alpha value is -4.42. The van der Waals surface area contributed by atoms with Gasteiger partial charge in [-0.05, 0) is 77.8 Å². The maximum atomic E-state index is 13.0. The maximum Gasteiger partial charge on any atom is 0.326 e. The molecule has 0 aliphatic heterocycles. The lowest BCUT2D eigenvalue weighted by Crippen LogP contribution is -2.42. The lowest BCUT2D eigenvalue weighted by molar-refractivity contribution is -0.139. The largest absolute Gasteiger partial charge is 0.480 e. The van der Waals surface area contributed by atoms with Crippen molar-refractivity contribution in [1.82, 2.24) is 15.6 Å². The van der Waals surface area contributed by atoms with Gasteiger partial charge in [-0.3, -0.25) is 4.79 Å². The van der Waals surface area contributed by atoms with Crippen molar-refractivity contribution in [3.63, 3.8) is 0 Å². The molecule has 42 heavy (non-hydrogen) atoms. The van der Waals surface area contributed by atoms with Crippen LogP contribution in [0.3, 0.4) is 0 Å². The van der Waals surface area contributed by atoms with E-state index >= 15 is 0 Å². The molecule has 1 fully saturated rings. The van der Waals surface area contributed by atoms with E-state index in [0.717, 1.165) is 42.1 Å². The first-order valence-electron chi connectivity index (χ1n) is 14.9. The number of aromatic amines is 1. The summed E-state index contributed by atoms with van der Waals surface area (Å²) in [5.74, 6) is -1.01. The van der Waals surface area contributed by atoms with Crippen LogP contribution in [0.25, 0.3) is 21.7 Å². The zero-order valence-electron chi connectivity index (χ0n) is 23.8. The number of amides is 1. The third-order valence-electron chi connectivity index (χ3n) is 8.80. The second-order valence-corrected chi connectivity index (χ2v) is 11.6. The van der Waals surface area contributed by atoms with Gasteiger partial charge in [-0.25, -0.2) is 4.79 Å². The number of aliphatic carboxylic acids is 1. The summed E-state index contributed by atoms with van der Waals surface area (Å²) in [4.78, 5) is 28.2. The van der Waals surface area contributed by atoms with Crippen molar-refractivity contribution in [3.8, 4) is 0 Å². The molecule has 1 aliphatic carbocycles. The highest BCUT2D eigenvalue weighted by Gasteiger charge is 2.26. The molecule has 1 heterocycles. The minimum Gasteiger partial charge on any atom is -0.480 e. The van der Waals surface area contributed by atoms with Crippen molar-refractivity contribution in [3.05, 3.63) is 119 Å². The molecule has 6 rings (SSSR count). The molecule has 1 aliphatic rings. The summed E-state index contributed by atoms with van der Waals surface area (Å²) in [7, 11) is 0. The highest BCUT2D eigenvalue weighted by atomic mass is 16.4. The van der Waals surface area contributed by atoms with Gasteiger partial charge in [0, 0.05) is 41.2 Å². The molecule has 6 nitrogen and oxygen atoms in total. The van der Waals surface area contributed by atoms with E-state index in [0.29, 0.717) is 17.5 Å². The molecule has 214 valence electrons. The van der Waals surface area contributed by atoms with Crippen LogP contribution in [0.1, 0.15) is 71.6 Å². The van der Waals surface area contributed by atoms with Gasteiger partial charge in [0.2, 0.25) is 0 Å². The van der Waals surface area contributed by atoms with E-state index in [2.05, 4.69) is 65.0 Å². The summed E-state index contributed by atoms with van der Waals surface area (Å²) in [6.45, 7) is 2.25. The number of benzene rings is 4. The summed E-state index contributed by atoms with van der Waals surface area (Å²) < 4.78 is 0. The summed E-state index contributed by atoms with van der Waals surface area (Å²) >= 11 is 0. The number of aromatic nitrogens is 1. The van der Waals surface area contributed by atoms with E-state index in [1.54, 1.807) is 0 Å². The van der Waals surface area contributed by atoms with Crippen molar-refractivity contribution in [2.75, 3.05) is 0 Å².